The molecule has 0 bridgehead atoms. The number of benzene rings is 1. The van der Waals surface area contributed by atoms with Crippen molar-refractivity contribution >= 4 is 23.2 Å². The number of carbonyl (C=O) groups excluding carboxylic acids is 2. The zero-order chi connectivity index (χ0) is 15.6. The molecule has 1 aromatic carbocycles. The van der Waals surface area contributed by atoms with Crippen LogP contribution in [0, 0.1) is 15.9 Å². The van der Waals surface area contributed by atoms with Gasteiger partial charge in [-0.25, -0.2) is 4.39 Å². The van der Waals surface area contributed by atoms with Crippen LogP contribution in [0.4, 0.5) is 15.8 Å². The molecule has 1 aromatic rings. The van der Waals surface area contributed by atoms with Crippen LogP contribution in [0.3, 0.4) is 0 Å². The van der Waals surface area contributed by atoms with Gasteiger partial charge in [-0.3, -0.25) is 25.0 Å². The van der Waals surface area contributed by atoms with E-state index in [0.717, 1.165) is 6.07 Å². The first-order chi connectivity index (χ1) is 9.92. The fourth-order valence-electron chi connectivity index (χ4n) is 1.98. The normalized spacial score (nSPS) is 18.1. The molecule has 2 rings (SSSR count). The Hall–Kier alpha value is -2.71. The molecular weight excluding hydrogens is 285 g/mol. The third-order valence-electron chi connectivity index (χ3n) is 3.03. The van der Waals surface area contributed by atoms with Gasteiger partial charge in [0.15, 0.2) is 11.6 Å². The number of amides is 2. The number of rotatable bonds is 4. The smallest absolute Gasteiger partial charge is 0.313 e. The number of hydrogen-bond acceptors (Lipinski definition) is 6. The number of methoxy groups -OCH3 is 1. The Bertz CT molecular complexity index is 619. The second kappa shape index (κ2) is 5.73. The number of carbonyl (C=O) groups is 2. The second-order valence-electron chi connectivity index (χ2n) is 4.41. The Kier molecular flexibility index (Phi) is 4.01. The van der Waals surface area contributed by atoms with Crippen LogP contribution in [0.25, 0.3) is 0 Å². The number of piperidine rings is 1. The summed E-state index contributed by atoms with van der Waals surface area (Å²) in [7, 11) is 1.22. The lowest BCUT2D eigenvalue weighted by Crippen LogP contribution is -2.47. The number of ether oxygens (including phenoxy) is 1. The molecule has 0 spiro atoms. The lowest BCUT2D eigenvalue weighted by molar-refractivity contribution is -0.385. The van der Waals surface area contributed by atoms with E-state index in [0.29, 0.717) is 6.07 Å². The lowest BCUT2D eigenvalue weighted by atomic mass is 10.1. The maximum absolute atomic E-state index is 13.9. The number of hydrogen-bond donors (Lipinski definition) is 2. The molecule has 1 heterocycles. The minimum Gasteiger partial charge on any atom is -0.490 e. The number of halogens is 1. The van der Waals surface area contributed by atoms with Gasteiger partial charge in [0.2, 0.25) is 11.8 Å². The van der Waals surface area contributed by atoms with Gasteiger partial charge >= 0.3 is 5.69 Å². The van der Waals surface area contributed by atoms with Crippen molar-refractivity contribution in [2.45, 2.75) is 18.9 Å². The third-order valence-corrected chi connectivity index (χ3v) is 3.03. The largest absolute Gasteiger partial charge is 0.490 e. The minimum absolute atomic E-state index is 0.105. The summed E-state index contributed by atoms with van der Waals surface area (Å²) in [5.74, 6) is -1.97. The molecule has 0 radical (unpaired) electrons. The van der Waals surface area contributed by atoms with Gasteiger partial charge in [-0.1, -0.05) is 0 Å². The van der Waals surface area contributed by atoms with Crippen molar-refractivity contribution in [2.75, 3.05) is 12.4 Å². The summed E-state index contributed by atoms with van der Waals surface area (Å²) < 4.78 is 18.7. The Morgan fingerprint density at radius 2 is 2.19 bits per heavy atom. The topological polar surface area (TPSA) is 111 Å². The maximum atomic E-state index is 13.9. The van der Waals surface area contributed by atoms with E-state index in [9.17, 15) is 24.1 Å². The molecule has 1 unspecified atom stereocenters. The first-order valence-electron chi connectivity index (χ1n) is 6.04. The van der Waals surface area contributed by atoms with E-state index in [-0.39, 0.29) is 30.2 Å². The molecule has 21 heavy (non-hydrogen) atoms. The van der Waals surface area contributed by atoms with Gasteiger partial charge in [0.25, 0.3) is 0 Å². The first-order valence-corrected chi connectivity index (χ1v) is 6.04. The van der Waals surface area contributed by atoms with Crippen LogP contribution >= 0.6 is 0 Å². The summed E-state index contributed by atoms with van der Waals surface area (Å²) >= 11 is 0. The average Bonchev–Trinajstić information content (AvgIpc) is 2.43. The fourth-order valence-corrected chi connectivity index (χ4v) is 1.98. The number of nitro benzene ring substituents is 1. The summed E-state index contributed by atoms with van der Waals surface area (Å²) in [6.07, 6.45) is 0.346. The first kappa shape index (κ1) is 14.7. The Balaban J connectivity index is 2.26. The molecule has 0 aliphatic carbocycles. The quantitative estimate of drug-likeness (QED) is 0.486. The van der Waals surface area contributed by atoms with Gasteiger partial charge in [0.1, 0.15) is 6.04 Å². The summed E-state index contributed by atoms with van der Waals surface area (Å²) in [6.45, 7) is 0. The molecule has 1 saturated heterocycles. The summed E-state index contributed by atoms with van der Waals surface area (Å²) in [5.41, 5.74) is -0.615. The highest BCUT2D eigenvalue weighted by Gasteiger charge is 2.28. The molecule has 0 saturated carbocycles. The van der Waals surface area contributed by atoms with E-state index in [1.54, 1.807) is 0 Å². The maximum Gasteiger partial charge on any atom is 0.313 e. The fraction of sp³-hybridized carbons (Fsp3) is 0.333. The van der Waals surface area contributed by atoms with Crippen LogP contribution in [0.2, 0.25) is 0 Å². The number of nitro groups is 1. The summed E-state index contributed by atoms with van der Waals surface area (Å²) in [5, 5.41) is 15.5. The molecular formula is C12H12FN3O5. The number of imide groups is 1. The average molecular weight is 297 g/mol. The van der Waals surface area contributed by atoms with Crippen molar-refractivity contribution in [3.8, 4) is 5.75 Å². The van der Waals surface area contributed by atoms with Crippen LogP contribution in [0.1, 0.15) is 12.8 Å². The van der Waals surface area contributed by atoms with Crippen LogP contribution in [-0.4, -0.2) is 29.9 Å². The highest BCUT2D eigenvalue weighted by molar-refractivity contribution is 6.01. The molecule has 2 N–H and O–H groups in total. The molecule has 1 fully saturated rings. The Morgan fingerprint density at radius 3 is 2.76 bits per heavy atom. The molecule has 1 atom stereocenters. The third kappa shape index (κ3) is 3.07. The van der Waals surface area contributed by atoms with Crippen LogP contribution in [0.15, 0.2) is 12.1 Å². The van der Waals surface area contributed by atoms with Crippen LogP contribution in [0.5, 0.6) is 5.75 Å². The molecule has 9 heteroatoms. The second-order valence-corrected chi connectivity index (χ2v) is 4.41. The number of nitrogens with one attached hydrogen (secondary N) is 2. The predicted octanol–water partition coefficient (Wildman–Crippen LogP) is 0.960. The summed E-state index contributed by atoms with van der Waals surface area (Å²) in [4.78, 5) is 32.6. The molecule has 8 nitrogen and oxygen atoms in total. The van der Waals surface area contributed by atoms with Crippen molar-refractivity contribution in [3.05, 3.63) is 28.1 Å². The molecule has 2 amide bonds. The molecule has 1 aliphatic rings. The van der Waals surface area contributed by atoms with Gasteiger partial charge in [-0.15, -0.1) is 0 Å². The monoisotopic (exact) mass is 297 g/mol. The SMILES string of the molecule is COc1cc(NC2CCC(=O)NC2=O)c(F)cc1[N+](=O)[O-]. The number of nitrogens with zero attached hydrogens (tertiary/aromatic N) is 1. The Labute approximate surface area is 118 Å². The highest BCUT2D eigenvalue weighted by Crippen LogP contribution is 2.32. The van der Waals surface area contributed by atoms with Crippen molar-refractivity contribution in [2.24, 2.45) is 0 Å². The van der Waals surface area contributed by atoms with E-state index >= 15 is 0 Å². The standard InChI is InChI=1S/C12H12FN3O5/c1-21-10-5-8(6(13)4-9(10)16(19)20)14-7-2-3-11(17)15-12(7)18/h4-5,7,14H,2-3H2,1H3,(H,15,17,18). The molecule has 0 aromatic heterocycles. The van der Waals surface area contributed by atoms with Crippen molar-refractivity contribution < 1.29 is 23.6 Å². The van der Waals surface area contributed by atoms with Crippen LogP contribution < -0.4 is 15.4 Å². The van der Waals surface area contributed by atoms with E-state index in [1.165, 1.54) is 7.11 Å². The zero-order valence-electron chi connectivity index (χ0n) is 11.0. The van der Waals surface area contributed by atoms with E-state index in [4.69, 9.17) is 4.74 Å². The van der Waals surface area contributed by atoms with Crippen LogP contribution in [-0.2, 0) is 9.59 Å². The minimum atomic E-state index is -0.882. The van der Waals surface area contributed by atoms with Gasteiger partial charge in [0.05, 0.1) is 23.8 Å². The van der Waals surface area contributed by atoms with Gasteiger partial charge < -0.3 is 10.1 Å². The molecule has 112 valence electrons. The molecule has 1 aliphatic heterocycles. The van der Waals surface area contributed by atoms with Crippen molar-refractivity contribution in [3.63, 3.8) is 0 Å². The lowest BCUT2D eigenvalue weighted by Gasteiger charge is -2.23. The van der Waals surface area contributed by atoms with Gasteiger partial charge in [0, 0.05) is 12.5 Å². The van der Waals surface area contributed by atoms with Crippen molar-refractivity contribution in [1.29, 1.82) is 0 Å². The van der Waals surface area contributed by atoms with E-state index in [2.05, 4.69) is 10.6 Å². The van der Waals surface area contributed by atoms with E-state index in [1.807, 2.05) is 0 Å². The number of anilines is 1. The summed E-state index contributed by atoms with van der Waals surface area (Å²) in [6, 6.07) is 1.04. The van der Waals surface area contributed by atoms with E-state index < -0.39 is 28.4 Å². The van der Waals surface area contributed by atoms with Crippen molar-refractivity contribution in [1.82, 2.24) is 5.32 Å². The zero-order valence-corrected chi connectivity index (χ0v) is 11.0. The van der Waals surface area contributed by atoms with Gasteiger partial charge in [-0.2, -0.15) is 0 Å². The highest BCUT2D eigenvalue weighted by atomic mass is 19.1. The predicted molar refractivity (Wildman–Crippen MR) is 69.4 cm³/mol. The Morgan fingerprint density at radius 1 is 1.48 bits per heavy atom. The van der Waals surface area contributed by atoms with Gasteiger partial charge in [-0.05, 0) is 6.42 Å².